The maximum Gasteiger partial charge on any atom is 0.306 e. The van der Waals surface area contributed by atoms with Crippen LogP contribution >= 0.6 is 7.82 Å². The molecule has 0 aromatic heterocycles. The number of phosphoric ester groups is 1. The van der Waals surface area contributed by atoms with Gasteiger partial charge in [0.2, 0.25) is 0 Å². The van der Waals surface area contributed by atoms with Crippen LogP contribution in [-0.4, -0.2) is 70.7 Å². The second-order valence-electron chi connectivity index (χ2n) is 18.2. The zero-order valence-electron chi connectivity index (χ0n) is 39.7. The average Bonchev–Trinajstić information content (AvgIpc) is 3.19. The van der Waals surface area contributed by atoms with Crippen molar-refractivity contribution in [2.75, 3.05) is 54.1 Å². The van der Waals surface area contributed by atoms with E-state index in [-0.39, 0.29) is 25.8 Å². The first-order chi connectivity index (χ1) is 28.6. The maximum absolute atomic E-state index is 12.7. The van der Waals surface area contributed by atoms with Crippen molar-refractivity contribution in [1.82, 2.24) is 0 Å². The van der Waals surface area contributed by atoms with Gasteiger partial charge in [0.25, 0.3) is 7.82 Å². The molecule has 9 heteroatoms. The minimum atomic E-state index is -4.53. The van der Waals surface area contributed by atoms with E-state index in [4.69, 9.17) is 18.5 Å². The number of nitrogens with zero attached hydrogens (tertiary/aromatic N) is 1. The third kappa shape index (κ3) is 47.9. The van der Waals surface area contributed by atoms with E-state index < -0.39 is 13.9 Å². The van der Waals surface area contributed by atoms with Crippen molar-refractivity contribution in [2.45, 2.75) is 238 Å². The smallest absolute Gasteiger partial charge is 0.306 e. The highest BCUT2D eigenvalue weighted by atomic mass is 31.2. The van der Waals surface area contributed by atoms with Gasteiger partial charge in [0.15, 0.2) is 0 Å². The van der Waals surface area contributed by atoms with Crippen LogP contribution in [0, 0.1) is 0 Å². The van der Waals surface area contributed by atoms with Crippen molar-refractivity contribution in [1.29, 1.82) is 0 Å². The second-order valence-corrected chi connectivity index (χ2v) is 19.6. The number of unbranched alkanes of at least 4 members (excludes halogenated alkanes) is 29. The predicted octanol–water partition coefficient (Wildman–Crippen LogP) is 14.5. The van der Waals surface area contributed by atoms with Crippen molar-refractivity contribution in [3.05, 3.63) is 24.3 Å². The number of hydrogen-bond donors (Lipinski definition) is 0. The molecule has 0 aliphatic rings. The minimum Gasteiger partial charge on any atom is -0.756 e. The zero-order chi connectivity index (χ0) is 43.4. The molecule has 8 nitrogen and oxygen atoms in total. The lowest BCUT2D eigenvalue weighted by Crippen LogP contribution is -2.37. The summed E-state index contributed by atoms with van der Waals surface area (Å²) in [6, 6.07) is 0. The lowest BCUT2D eigenvalue weighted by atomic mass is 10.0. The molecule has 59 heavy (non-hydrogen) atoms. The van der Waals surface area contributed by atoms with Gasteiger partial charge < -0.3 is 27.9 Å². The average molecular weight is 856 g/mol. The SMILES string of the molecule is CCCCC/C=C\C/C=C\CCCCCCCCCCCC(=O)OC(COCCCCCCCCCCCCCCCCCCCC)COP(=O)([O-])OCC[N+](C)(C)C. The lowest BCUT2D eigenvalue weighted by molar-refractivity contribution is -0.870. The standard InChI is InChI=1S/C50H98NO7P/c1-6-8-10-12-14-16-18-20-22-24-26-27-29-31-33-35-37-39-41-43-50(52)58-49(48-57-59(53,54)56-46-44-51(3,4)5)47-55-45-42-40-38-36-34-32-30-28-25-23-21-19-17-15-13-11-9-7-2/h14,16,20,22,49H,6-13,15,17-19,21,23-48H2,1-5H3/b16-14-,22-20-. The van der Waals surface area contributed by atoms with E-state index in [1.165, 1.54) is 173 Å². The molecule has 0 bridgehead atoms. The topological polar surface area (TPSA) is 94.1 Å². The van der Waals surface area contributed by atoms with Gasteiger partial charge in [0, 0.05) is 13.0 Å². The number of ether oxygens (including phenoxy) is 2. The summed E-state index contributed by atoms with van der Waals surface area (Å²) in [5.74, 6) is -0.334. The molecule has 0 radical (unpaired) electrons. The van der Waals surface area contributed by atoms with Gasteiger partial charge in [-0.05, 0) is 44.9 Å². The number of hydrogen-bond acceptors (Lipinski definition) is 7. The number of rotatable bonds is 47. The molecular weight excluding hydrogens is 758 g/mol. The van der Waals surface area contributed by atoms with Crippen LogP contribution in [0.5, 0.6) is 0 Å². The zero-order valence-corrected chi connectivity index (χ0v) is 40.6. The van der Waals surface area contributed by atoms with Gasteiger partial charge in [-0.1, -0.05) is 205 Å². The molecule has 0 rings (SSSR count). The number of allylic oxidation sites excluding steroid dienone is 4. The Labute approximate surface area is 366 Å². The number of quaternary nitrogens is 1. The molecule has 0 saturated carbocycles. The summed E-state index contributed by atoms with van der Waals surface area (Å²) in [5, 5.41) is 0. The Morgan fingerprint density at radius 1 is 0.525 bits per heavy atom. The Kier molecular flexibility index (Phi) is 42.9. The molecule has 0 aromatic carbocycles. The third-order valence-electron chi connectivity index (χ3n) is 11.0. The van der Waals surface area contributed by atoms with E-state index in [2.05, 4.69) is 38.2 Å². The Morgan fingerprint density at radius 2 is 0.932 bits per heavy atom. The monoisotopic (exact) mass is 856 g/mol. The van der Waals surface area contributed by atoms with Gasteiger partial charge >= 0.3 is 5.97 Å². The van der Waals surface area contributed by atoms with Crippen LogP contribution in [0.1, 0.15) is 232 Å². The molecule has 0 heterocycles. The Hall–Kier alpha value is -1.02. The number of carbonyl (C=O) groups is 1. The molecule has 2 unspecified atom stereocenters. The maximum atomic E-state index is 12.7. The molecular formula is C50H98NO7P. The van der Waals surface area contributed by atoms with E-state index in [0.29, 0.717) is 24.1 Å². The summed E-state index contributed by atoms with van der Waals surface area (Å²) in [7, 11) is 1.36. The van der Waals surface area contributed by atoms with Crippen LogP contribution in [-0.2, 0) is 27.9 Å². The predicted molar refractivity (Wildman–Crippen MR) is 250 cm³/mol. The molecule has 0 saturated heterocycles. The molecule has 0 N–H and O–H groups in total. The molecule has 0 spiro atoms. The van der Waals surface area contributed by atoms with Crippen LogP contribution in [0.15, 0.2) is 24.3 Å². The van der Waals surface area contributed by atoms with Gasteiger partial charge in [-0.3, -0.25) is 9.36 Å². The van der Waals surface area contributed by atoms with Crippen LogP contribution in [0.25, 0.3) is 0 Å². The van der Waals surface area contributed by atoms with Crippen LogP contribution in [0.3, 0.4) is 0 Å². The Bertz CT molecular complexity index is 998. The Balaban J connectivity index is 4.14. The number of phosphoric acid groups is 1. The summed E-state index contributed by atoms with van der Waals surface area (Å²) in [5.41, 5.74) is 0. The van der Waals surface area contributed by atoms with Gasteiger partial charge in [-0.15, -0.1) is 0 Å². The van der Waals surface area contributed by atoms with Gasteiger partial charge in [-0.2, -0.15) is 0 Å². The van der Waals surface area contributed by atoms with Crippen LogP contribution in [0.2, 0.25) is 0 Å². The van der Waals surface area contributed by atoms with Gasteiger partial charge in [-0.25, -0.2) is 0 Å². The first-order valence-electron chi connectivity index (χ1n) is 25.1. The summed E-state index contributed by atoms with van der Waals surface area (Å²) in [4.78, 5) is 25.1. The number of esters is 1. The fourth-order valence-corrected chi connectivity index (χ4v) is 7.84. The fourth-order valence-electron chi connectivity index (χ4n) is 7.11. The highest BCUT2D eigenvalue weighted by Crippen LogP contribution is 2.38. The lowest BCUT2D eigenvalue weighted by Gasteiger charge is -2.28. The third-order valence-corrected chi connectivity index (χ3v) is 12.0. The van der Waals surface area contributed by atoms with Crippen molar-refractivity contribution >= 4 is 13.8 Å². The Morgan fingerprint density at radius 3 is 1.41 bits per heavy atom. The van der Waals surface area contributed by atoms with E-state index in [1.807, 2.05) is 21.1 Å². The summed E-state index contributed by atoms with van der Waals surface area (Å²) >= 11 is 0. The second kappa shape index (κ2) is 43.6. The first kappa shape index (κ1) is 58.0. The molecule has 0 fully saturated rings. The quantitative estimate of drug-likeness (QED) is 0.0198. The van der Waals surface area contributed by atoms with E-state index in [1.54, 1.807) is 0 Å². The van der Waals surface area contributed by atoms with Crippen LogP contribution < -0.4 is 4.89 Å². The highest BCUT2D eigenvalue weighted by molar-refractivity contribution is 7.45. The van der Waals surface area contributed by atoms with E-state index >= 15 is 0 Å². The van der Waals surface area contributed by atoms with Crippen LogP contribution in [0.4, 0.5) is 0 Å². The molecule has 0 aliphatic carbocycles. The molecule has 0 aliphatic heterocycles. The van der Waals surface area contributed by atoms with Gasteiger partial charge in [0.05, 0.1) is 34.4 Å². The van der Waals surface area contributed by atoms with Crippen molar-refractivity contribution in [2.24, 2.45) is 0 Å². The molecule has 0 aromatic rings. The number of likely N-dealkylation sites (N-methyl/N-ethyl adjacent to an activating group) is 1. The number of carbonyl (C=O) groups excluding carboxylic acids is 1. The normalized spacial score (nSPS) is 13.8. The summed E-state index contributed by atoms with van der Waals surface area (Å²) in [6.07, 6.45) is 50.5. The van der Waals surface area contributed by atoms with Gasteiger partial charge in [0.1, 0.15) is 19.3 Å². The molecule has 2 atom stereocenters. The largest absolute Gasteiger partial charge is 0.756 e. The highest BCUT2D eigenvalue weighted by Gasteiger charge is 2.20. The van der Waals surface area contributed by atoms with Crippen molar-refractivity contribution in [3.8, 4) is 0 Å². The van der Waals surface area contributed by atoms with Crippen molar-refractivity contribution in [3.63, 3.8) is 0 Å². The fraction of sp³-hybridized carbons (Fsp3) is 0.900. The first-order valence-corrected chi connectivity index (χ1v) is 26.5. The minimum absolute atomic E-state index is 0.0275. The van der Waals surface area contributed by atoms with E-state index in [9.17, 15) is 14.3 Å². The molecule has 350 valence electrons. The molecule has 0 amide bonds. The summed E-state index contributed by atoms with van der Waals surface area (Å²) in [6.45, 7) is 5.43. The van der Waals surface area contributed by atoms with Crippen molar-refractivity contribution < 1.29 is 37.3 Å². The van der Waals surface area contributed by atoms with E-state index in [0.717, 1.165) is 38.5 Å². The summed E-state index contributed by atoms with van der Waals surface area (Å²) < 4.78 is 34.7.